The molecular formula is C18H23N7. The van der Waals surface area contributed by atoms with E-state index in [1.54, 1.807) is 6.33 Å². The van der Waals surface area contributed by atoms with Gasteiger partial charge in [-0.25, -0.2) is 9.67 Å². The Hall–Kier alpha value is -2.51. The van der Waals surface area contributed by atoms with Crippen LogP contribution in [0.1, 0.15) is 17.0 Å². The summed E-state index contributed by atoms with van der Waals surface area (Å²) in [7, 11) is 0. The molecule has 0 saturated carbocycles. The molecule has 25 heavy (non-hydrogen) atoms. The van der Waals surface area contributed by atoms with Crippen LogP contribution in [-0.4, -0.2) is 60.9 Å². The summed E-state index contributed by atoms with van der Waals surface area (Å²) in [6.45, 7) is 8.12. The third-order valence-corrected chi connectivity index (χ3v) is 4.71. The maximum atomic E-state index is 4.54. The smallest absolute Gasteiger partial charge is 0.138 e. The van der Waals surface area contributed by atoms with Crippen molar-refractivity contribution in [2.24, 2.45) is 0 Å². The van der Waals surface area contributed by atoms with Gasteiger partial charge < -0.3 is 0 Å². The van der Waals surface area contributed by atoms with Gasteiger partial charge in [0.05, 0.1) is 18.4 Å². The number of aryl methyl sites for hydroxylation is 1. The van der Waals surface area contributed by atoms with Gasteiger partial charge in [0.1, 0.15) is 12.2 Å². The molecule has 0 atom stereocenters. The van der Waals surface area contributed by atoms with Crippen LogP contribution in [-0.2, 0) is 13.1 Å². The number of nitrogens with one attached hydrogen (secondary N) is 1. The first-order valence-corrected chi connectivity index (χ1v) is 8.66. The first-order valence-electron chi connectivity index (χ1n) is 8.66. The van der Waals surface area contributed by atoms with E-state index in [2.05, 4.69) is 67.5 Å². The lowest BCUT2D eigenvalue weighted by molar-refractivity contribution is 0.120. The normalized spacial score (nSPS) is 16.4. The van der Waals surface area contributed by atoms with Gasteiger partial charge in [0, 0.05) is 44.5 Å². The minimum atomic E-state index is 0.846. The van der Waals surface area contributed by atoms with Crippen molar-refractivity contribution < 1.29 is 0 Å². The molecule has 0 aliphatic carbocycles. The zero-order valence-corrected chi connectivity index (χ0v) is 14.5. The van der Waals surface area contributed by atoms with Crippen LogP contribution in [0.25, 0.3) is 5.69 Å². The van der Waals surface area contributed by atoms with Gasteiger partial charge in [0.15, 0.2) is 0 Å². The van der Waals surface area contributed by atoms with Crippen LogP contribution >= 0.6 is 0 Å². The number of hydrogen-bond donors (Lipinski definition) is 1. The summed E-state index contributed by atoms with van der Waals surface area (Å²) in [6.07, 6.45) is 5.69. The molecule has 1 N–H and O–H groups in total. The summed E-state index contributed by atoms with van der Waals surface area (Å²) in [5.74, 6) is 0.938. The van der Waals surface area contributed by atoms with Crippen LogP contribution < -0.4 is 0 Å². The van der Waals surface area contributed by atoms with Gasteiger partial charge in [0.25, 0.3) is 0 Å². The lowest BCUT2D eigenvalue weighted by Gasteiger charge is -2.33. The summed E-state index contributed by atoms with van der Waals surface area (Å²) < 4.78 is 1.98. The SMILES string of the molecule is Cc1ccccc1-n1cc(CN2CCN(Cc3ncn[nH]3)CC2)cn1. The summed E-state index contributed by atoms with van der Waals surface area (Å²) in [4.78, 5) is 9.10. The van der Waals surface area contributed by atoms with Crippen molar-refractivity contribution in [2.75, 3.05) is 26.2 Å². The second kappa shape index (κ2) is 7.16. The molecule has 0 amide bonds. The molecular weight excluding hydrogens is 314 g/mol. The Balaban J connectivity index is 1.32. The van der Waals surface area contributed by atoms with Crippen molar-refractivity contribution in [3.63, 3.8) is 0 Å². The highest BCUT2D eigenvalue weighted by Gasteiger charge is 2.18. The second-order valence-electron chi connectivity index (χ2n) is 6.56. The predicted molar refractivity (Wildman–Crippen MR) is 95.2 cm³/mol. The van der Waals surface area contributed by atoms with E-state index in [4.69, 9.17) is 0 Å². The number of para-hydroxylation sites is 1. The fourth-order valence-corrected chi connectivity index (χ4v) is 3.28. The first kappa shape index (κ1) is 16.0. The molecule has 1 aliphatic rings. The van der Waals surface area contributed by atoms with Crippen LogP contribution in [0.5, 0.6) is 0 Å². The van der Waals surface area contributed by atoms with Crippen LogP contribution in [0.2, 0.25) is 0 Å². The predicted octanol–water partition coefficient (Wildman–Crippen LogP) is 1.62. The van der Waals surface area contributed by atoms with E-state index in [0.717, 1.165) is 50.8 Å². The van der Waals surface area contributed by atoms with E-state index < -0.39 is 0 Å². The lowest BCUT2D eigenvalue weighted by Crippen LogP contribution is -2.45. The fourth-order valence-electron chi connectivity index (χ4n) is 3.28. The molecule has 2 aromatic heterocycles. The average molecular weight is 337 g/mol. The Morgan fingerprint density at radius 3 is 2.52 bits per heavy atom. The number of rotatable bonds is 5. The van der Waals surface area contributed by atoms with Gasteiger partial charge in [-0.15, -0.1) is 0 Å². The molecule has 1 aromatic carbocycles. The largest absolute Gasteiger partial charge is 0.296 e. The molecule has 1 saturated heterocycles. The van der Waals surface area contributed by atoms with E-state index in [9.17, 15) is 0 Å². The van der Waals surface area contributed by atoms with Gasteiger partial charge in [-0.1, -0.05) is 18.2 Å². The van der Waals surface area contributed by atoms with Crippen LogP contribution in [0.3, 0.4) is 0 Å². The summed E-state index contributed by atoms with van der Waals surface area (Å²) in [6, 6.07) is 8.33. The first-order chi connectivity index (χ1) is 12.3. The molecule has 1 aliphatic heterocycles. The Bertz CT molecular complexity index is 800. The Morgan fingerprint density at radius 2 is 1.80 bits per heavy atom. The van der Waals surface area contributed by atoms with Crippen LogP contribution in [0.4, 0.5) is 0 Å². The minimum absolute atomic E-state index is 0.846. The van der Waals surface area contributed by atoms with Gasteiger partial charge in [-0.2, -0.15) is 10.2 Å². The Morgan fingerprint density at radius 1 is 1.04 bits per heavy atom. The highest BCUT2D eigenvalue weighted by molar-refractivity contribution is 5.39. The van der Waals surface area contributed by atoms with E-state index in [0.29, 0.717) is 0 Å². The quantitative estimate of drug-likeness (QED) is 0.766. The number of H-pyrrole nitrogens is 1. The number of benzene rings is 1. The third kappa shape index (κ3) is 3.78. The van der Waals surface area contributed by atoms with Crippen molar-refractivity contribution in [3.8, 4) is 5.69 Å². The topological polar surface area (TPSA) is 65.9 Å². The average Bonchev–Trinajstić information content (AvgIpc) is 3.29. The fraction of sp³-hybridized carbons (Fsp3) is 0.389. The van der Waals surface area contributed by atoms with Crippen molar-refractivity contribution >= 4 is 0 Å². The van der Waals surface area contributed by atoms with Crippen LogP contribution in [0, 0.1) is 6.92 Å². The van der Waals surface area contributed by atoms with E-state index in [1.165, 1.54) is 11.1 Å². The molecule has 7 heteroatoms. The van der Waals surface area contributed by atoms with Gasteiger partial charge in [0.2, 0.25) is 0 Å². The maximum Gasteiger partial charge on any atom is 0.138 e. The molecule has 3 heterocycles. The zero-order valence-electron chi connectivity index (χ0n) is 14.5. The Labute approximate surface area is 147 Å². The lowest BCUT2D eigenvalue weighted by atomic mass is 10.2. The van der Waals surface area contributed by atoms with Crippen molar-refractivity contribution in [1.29, 1.82) is 0 Å². The molecule has 7 nitrogen and oxygen atoms in total. The number of nitrogens with zero attached hydrogens (tertiary/aromatic N) is 6. The van der Waals surface area contributed by atoms with Crippen molar-refractivity contribution in [1.82, 2.24) is 34.8 Å². The maximum absolute atomic E-state index is 4.54. The van der Waals surface area contributed by atoms with Gasteiger partial charge >= 0.3 is 0 Å². The highest BCUT2D eigenvalue weighted by Crippen LogP contribution is 2.15. The molecule has 0 bridgehead atoms. The van der Waals surface area contributed by atoms with Crippen molar-refractivity contribution in [2.45, 2.75) is 20.0 Å². The molecule has 0 unspecified atom stereocenters. The van der Waals surface area contributed by atoms with Gasteiger partial charge in [-0.05, 0) is 18.6 Å². The third-order valence-electron chi connectivity index (χ3n) is 4.71. The molecule has 4 rings (SSSR count). The Kier molecular flexibility index (Phi) is 4.58. The number of aromatic amines is 1. The molecule has 3 aromatic rings. The molecule has 0 radical (unpaired) electrons. The second-order valence-corrected chi connectivity index (χ2v) is 6.56. The van der Waals surface area contributed by atoms with E-state index in [-0.39, 0.29) is 0 Å². The summed E-state index contributed by atoms with van der Waals surface area (Å²) in [5.41, 5.74) is 3.63. The van der Waals surface area contributed by atoms with Crippen molar-refractivity contribution in [3.05, 3.63) is 59.9 Å². The standard InChI is InChI=1S/C18H23N7/c1-15-4-2-3-5-17(15)25-12-16(10-21-25)11-23-6-8-24(9-7-23)13-18-19-14-20-22-18/h2-5,10,12,14H,6-9,11,13H2,1H3,(H,19,20,22). The van der Waals surface area contributed by atoms with E-state index >= 15 is 0 Å². The van der Waals surface area contributed by atoms with E-state index in [1.807, 2.05) is 10.9 Å². The molecule has 1 fully saturated rings. The summed E-state index contributed by atoms with van der Waals surface area (Å²) >= 11 is 0. The monoisotopic (exact) mass is 337 g/mol. The molecule has 130 valence electrons. The highest BCUT2D eigenvalue weighted by atomic mass is 15.3. The summed E-state index contributed by atoms with van der Waals surface area (Å²) in [5, 5.41) is 11.4. The number of piperazine rings is 1. The minimum Gasteiger partial charge on any atom is -0.296 e. The number of aromatic nitrogens is 5. The number of hydrogen-bond acceptors (Lipinski definition) is 5. The molecule has 0 spiro atoms. The van der Waals surface area contributed by atoms with Gasteiger partial charge in [-0.3, -0.25) is 14.9 Å². The van der Waals surface area contributed by atoms with Crippen LogP contribution in [0.15, 0.2) is 43.0 Å². The zero-order chi connectivity index (χ0) is 17.1.